The van der Waals surface area contributed by atoms with Gasteiger partial charge in [-0.1, -0.05) is 19.4 Å². The first-order valence-electron chi connectivity index (χ1n) is 6.93. The van der Waals surface area contributed by atoms with Crippen LogP contribution in [-0.4, -0.2) is 42.1 Å². The van der Waals surface area contributed by atoms with Crippen LogP contribution >= 0.6 is 0 Å². The Morgan fingerprint density at radius 1 is 1.40 bits per heavy atom. The number of urea groups is 1. The van der Waals surface area contributed by atoms with Gasteiger partial charge in [-0.3, -0.25) is 4.90 Å². The van der Waals surface area contributed by atoms with Gasteiger partial charge in [-0.2, -0.15) is 0 Å². The molecular weight excluding hydrogens is 256 g/mol. The maximum Gasteiger partial charge on any atom is 0.335 e. The molecule has 0 aliphatic carbocycles. The van der Waals surface area contributed by atoms with E-state index in [2.05, 4.69) is 6.92 Å². The molecule has 1 N–H and O–H groups in total. The van der Waals surface area contributed by atoms with Gasteiger partial charge in [-0.05, 0) is 30.5 Å². The minimum Gasteiger partial charge on any atom is -0.478 e. The molecule has 0 fully saturated rings. The average molecular weight is 276 g/mol. The van der Waals surface area contributed by atoms with E-state index in [0.29, 0.717) is 6.54 Å². The molecular formula is C15H20N2O3. The Hall–Kier alpha value is -2.04. The summed E-state index contributed by atoms with van der Waals surface area (Å²) in [5.74, 6) is -0.966. The number of anilines is 1. The molecule has 108 valence electrons. The Morgan fingerprint density at radius 3 is 2.80 bits per heavy atom. The SMILES string of the molecule is CCCCN(C)C(=O)N1CCc2ccc(C(=O)O)cc21. The van der Waals surface area contributed by atoms with Crippen LogP contribution in [0.3, 0.4) is 0 Å². The highest BCUT2D eigenvalue weighted by Crippen LogP contribution is 2.29. The molecule has 1 aromatic rings. The maximum absolute atomic E-state index is 12.4. The van der Waals surface area contributed by atoms with E-state index in [1.165, 1.54) is 0 Å². The van der Waals surface area contributed by atoms with Crippen LogP contribution < -0.4 is 4.90 Å². The van der Waals surface area contributed by atoms with Crippen molar-refractivity contribution in [2.75, 3.05) is 25.0 Å². The van der Waals surface area contributed by atoms with E-state index in [9.17, 15) is 9.59 Å². The van der Waals surface area contributed by atoms with E-state index >= 15 is 0 Å². The Bertz CT molecular complexity index is 528. The number of benzene rings is 1. The van der Waals surface area contributed by atoms with Crippen LogP contribution in [-0.2, 0) is 6.42 Å². The minimum atomic E-state index is -0.966. The topological polar surface area (TPSA) is 60.9 Å². The van der Waals surface area contributed by atoms with Crippen molar-refractivity contribution in [1.82, 2.24) is 4.90 Å². The monoisotopic (exact) mass is 276 g/mol. The molecule has 2 amide bonds. The largest absolute Gasteiger partial charge is 0.478 e. The van der Waals surface area contributed by atoms with Crippen LogP contribution in [0, 0.1) is 0 Å². The van der Waals surface area contributed by atoms with Crippen molar-refractivity contribution in [3.8, 4) is 0 Å². The first kappa shape index (κ1) is 14.4. The van der Waals surface area contributed by atoms with Crippen molar-refractivity contribution in [3.05, 3.63) is 29.3 Å². The lowest BCUT2D eigenvalue weighted by atomic mass is 10.1. The third kappa shape index (κ3) is 2.76. The molecule has 1 aromatic carbocycles. The number of rotatable bonds is 4. The third-order valence-electron chi connectivity index (χ3n) is 3.63. The second-order valence-electron chi connectivity index (χ2n) is 5.11. The lowest BCUT2D eigenvalue weighted by Gasteiger charge is -2.25. The van der Waals surface area contributed by atoms with Gasteiger partial charge < -0.3 is 10.0 Å². The van der Waals surface area contributed by atoms with Gasteiger partial charge in [0, 0.05) is 25.8 Å². The van der Waals surface area contributed by atoms with E-state index in [1.807, 2.05) is 0 Å². The van der Waals surface area contributed by atoms with Gasteiger partial charge in [-0.15, -0.1) is 0 Å². The van der Waals surface area contributed by atoms with Crippen LogP contribution in [0.25, 0.3) is 0 Å². The summed E-state index contributed by atoms with van der Waals surface area (Å²) >= 11 is 0. The van der Waals surface area contributed by atoms with Gasteiger partial charge in [0.1, 0.15) is 0 Å². The average Bonchev–Trinajstić information content (AvgIpc) is 2.86. The molecule has 2 rings (SSSR count). The molecule has 0 atom stereocenters. The molecule has 0 aromatic heterocycles. The number of hydrogen-bond donors (Lipinski definition) is 1. The fourth-order valence-corrected chi connectivity index (χ4v) is 2.41. The Labute approximate surface area is 118 Å². The highest BCUT2D eigenvalue weighted by Gasteiger charge is 2.27. The number of carboxylic acid groups (broad SMARTS) is 1. The van der Waals surface area contributed by atoms with Gasteiger partial charge in [0.15, 0.2) is 0 Å². The highest BCUT2D eigenvalue weighted by atomic mass is 16.4. The van der Waals surface area contributed by atoms with Crippen molar-refractivity contribution in [3.63, 3.8) is 0 Å². The Balaban J connectivity index is 2.19. The molecule has 1 heterocycles. The predicted molar refractivity (Wildman–Crippen MR) is 77.4 cm³/mol. The maximum atomic E-state index is 12.4. The lowest BCUT2D eigenvalue weighted by molar-refractivity contribution is 0.0697. The van der Waals surface area contributed by atoms with Gasteiger partial charge in [-0.25, -0.2) is 9.59 Å². The number of hydrogen-bond acceptors (Lipinski definition) is 2. The fraction of sp³-hybridized carbons (Fsp3) is 0.467. The summed E-state index contributed by atoms with van der Waals surface area (Å²) in [4.78, 5) is 26.8. The van der Waals surface area contributed by atoms with Crippen LogP contribution in [0.5, 0.6) is 0 Å². The van der Waals surface area contributed by atoms with E-state index < -0.39 is 5.97 Å². The zero-order valence-corrected chi connectivity index (χ0v) is 11.9. The number of amides is 2. The number of aromatic carboxylic acids is 1. The summed E-state index contributed by atoms with van der Waals surface area (Å²) in [6.45, 7) is 3.43. The number of carbonyl (C=O) groups is 2. The number of unbranched alkanes of at least 4 members (excludes halogenated alkanes) is 1. The van der Waals surface area contributed by atoms with Crippen LogP contribution in [0.2, 0.25) is 0 Å². The first-order chi connectivity index (χ1) is 9.54. The third-order valence-corrected chi connectivity index (χ3v) is 3.63. The summed E-state index contributed by atoms with van der Waals surface area (Å²) < 4.78 is 0. The summed E-state index contributed by atoms with van der Waals surface area (Å²) in [7, 11) is 1.79. The van der Waals surface area contributed by atoms with Crippen LogP contribution in [0.15, 0.2) is 18.2 Å². The molecule has 0 unspecified atom stereocenters. The zero-order chi connectivity index (χ0) is 14.7. The highest BCUT2D eigenvalue weighted by molar-refractivity contribution is 5.96. The minimum absolute atomic E-state index is 0.0558. The van der Waals surface area contributed by atoms with E-state index in [1.54, 1.807) is 35.0 Å². The standard InChI is InChI=1S/C15H20N2O3/c1-3-4-8-16(2)15(20)17-9-7-11-5-6-12(14(18)19)10-13(11)17/h5-6,10H,3-4,7-9H2,1-2H3,(H,18,19). The van der Waals surface area contributed by atoms with Crippen molar-refractivity contribution in [2.45, 2.75) is 26.2 Å². The smallest absolute Gasteiger partial charge is 0.335 e. The van der Waals surface area contributed by atoms with E-state index in [0.717, 1.165) is 37.1 Å². The van der Waals surface area contributed by atoms with Crippen LogP contribution in [0.1, 0.15) is 35.7 Å². The van der Waals surface area contributed by atoms with E-state index in [-0.39, 0.29) is 11.6 Å². The Kier molecular flexibility index (Phi) is 4.27. The van der Waals surface area contributed by atoms with Gasteiger partial charge in [0.25, 0.3) is 0 Å². The lowest BCUT2D eigenvalue weighted by Crippen LogP contribution is -2.40. The Morgan fingerprint density at radius 2 is 2.15 bits per heavy atom. The number of carbonyl (C=O) groups excluding carboxylic acids is 1. The fourth-order valence-electron chi connectivity index (χ4n) is 2.41. The number of fused-ring (bicyclic) bond motifs is 1. The molecule has 1 aliphatic heterocycles. The zero-order valence-electron chi connectivity index (χ0n) is 11.9. The van der Waals surface area contributed by atoms with Gasteiger partial charge in [0.05, 0.1) is 5.56 Å². The summed E-state index contributed by atoms with van der Waals surface area (Å²) in [6.07, 6.45) is 2.79. The van der Waals surface area contributed by atoms with Crippen molar-refractivity contribution in [2.24, 2.45) is 0 Å². The van der Waals surface area contributed by atoms with Gasteiger partial charge in [0.2, 0.25) is 0 Å². The molecule has 0 bridgehead atoms. The van der Waals surface area contributed by atoms with E-state index in [4.69, 9.17) is 5.11 Å². The molecule has 0 saturated heterocycles. The van der Waals surface area contributed by atoms with Crippen LogP contribution in [0.4, 0.5) is 10.5 Å². The summed E-state index contributed by atoms with van der Waals surface area (Å²) in [6, 6.07) is 4.93. The van der Waals surface area contributed by atoms with Crippen molar-refractivity contribution in [1.29, 1.82) is 0 Å². The predicted octanol–water partition coefficient (Wildman–Crippen LogP) is 2.60. The molecule has 1 aliphatic rings. The molecule has 20 heavy (non-hydrogen) atoms. The second kappa shape index (κ2) is 5.94. The molecule has 5 nitrogen and oxygen atoms in total. The summed E-state index contributed by atoms with van der Waals surface area (Å²) in [5.41, 5.74) is 1.99. The molecule has 0 spiro atoms. The summed E-state index contributed by atoms with van der Waals surface area (Å²) in [5, 5.41) is 9.05. The molecule has 0 radical (unpaired) electrons. The molecule has 0 saturated carbocycles. The number of carboxylic acids is 1. The van der Waals surface area contributed by atoms with Crippen molar-refractivity contribution >= 4 is 17.7 Å². The van der Waals surface area contributed by atoms with Gasteiger partial charge >= 0.3 is 12.0 Å². The molecule has 5 heteroatoms. The van der Waals surface area contributed by atoms with Crippen molar-refractivity contribution < 1.29 is 14.7 Å². The second-order valence-corrected chi connectivity index (χ2v) is 5.11. The first-order valence-corrected chi connectivity index (χ1v) is 6.93. The quantitative estimate of drug-likeness (QED) is 0.919. The number of nitrogens with zero attached hydrogens (tertiary/aromatic N) is 2. The normalized spacial score (nSPS) is 13.2.